The number of aliphatic hydroxyl groups excluding tert-OH is 2. The molecule has 12 nitrogen and oxygen atoms in total. The molecule has 43 heavy (non-hydrogen) atoms. The minimum absolute atomic E-state index is 0.115. The minimum atomic E-state index is -4.67. The molecule has 0 saturated carbocycles. The topological polar surface area (TPSA) is 152 Å². The van der Waals surface area contributed by atoms with Crippen LogP contribution in [-0.4, -0.2) is 91.8 Å². The zero-order chi connectivity index (χ0) is 30.4. The van der Waals surface area contributed by atoms with Gasteiger partial charge < -0.3 is 34.6 Å². The number of nitrogens with one attached hydrogen (secondary N) is 1. The number of benzene rings is 1. The van der Waals surface area contributed by atoms with Crippen LogP contribution in [0.2, 0.25) is 0 Å². The number of carbonyl (C=O) groups excluding carboxylic acids is 1. The highest BCUT2D eigenvalue weighted by atomic mass is 19.4. The Hall–Kier alpha value is -4.08. The zero-order valence-electron chi connectivity index (χ0n) is 22.9. The van der Waals surface area contributed by atoms with Crippen molar-refractivity contribution in [2.45, 2.75) is 55.9 Å². The molecule has 3 aromatic rings. The van der Waals surface area contributed by atoms with E-state index in [0.29, 0.717) is 32.1 Å². The van der Waals surface area contributed by atoms with Gasteiger partial charge in [-0.3, -0.25) is 9.97 Å². The highest BCUT2D eigenvalue weighted by molar-refractivity contribution is 5.67. The van der Waals surface area contributed by atoms with Crippen molar-refractivity contribution in [3.8, 4) is 5.88 Å². The summed E-state index contributed by atoms with van der Waals surface area (Å²) < 4.78 is 55.3. The van der Waals surface area contributed by atoms with E-state index >= 15 is 0 Å². The first-order chi connectivity index (χ1) is 20.7. The SMILES string of the molecule is O=C(OCc1ccccc1)N1CCC(c2cnc(OC[C@H]3OC[C@H](Nc4cncc(C(F)(F)F)n4)[C@@H](O)[C@H]3O)cn2)CC1. The molecule has 1 aromatic carbocycles. The molecule has 0 unspecified atom stereocenters. The number of carbonyl (C=O) groups is 1. The van der Waals surface area contributed by atoms with Crippen LogP contribution in [0.1, 0.15) is 35.7 Å². The number of anilines is 1. The number of aliphatic hydroxyl groups is 2. The molecule has 0 bridgehead atoms. The smallest absolute Gasteiger partial charge is 0.434 e. The van der Waals surface area contributed by atoms with Crippen molar-refractivity contribution in [2.24, 2.45) is 0 Å². The molecule has 15 heteroatoms. The lowest BCUT2D eigenvalue weighted by atomic mass is 9.94. The summed E-state index contributed by atoms with van der Waals surface area (Å²) in [4.78, 5) is 29.8. The van der Waals surface area contributed by atoms with E-state index in [0.717, 1.165) is 17.5 Å². The van der Waals surface area contributed by atoms with E-state index in [9.17, 15) is 28.2 Å². The molecule has 4 atom stereocenters. The second-order valence-corrected chi connectivity index (χ2v) is 10.3. The van der Waals surface area contributed by atoms with Crippen LogP contribution in [-0.2, 0) is 22.3 Å². The van der Waals surface area contributed by atoms with Crippen molar-refractivity contribution >= 4 is 11.9 Å². The molecule has 1 amide bonds. The first kappa shape index (κ1) is 30.4. The maximum atomic E-state index is 12.9. The lowest BCUT2D eigenvalue weighted by molar-refractivity contribution is -0.150. The molecule has 5 rings (SSSR count). The average Bonchev–Trinajstić information content (AvgIpc) is 3.02. The predicted octanol–water partition coefficient (Wildman–Crippen LogP) is 2.78. The highest BCUT2D eigenvalue weighted by Gasteiger charge is 2.40. The summed E-state index contributed by atoms with van der Waals surface area (Å²) in [5, 5.41) is 23.7. The molecule has 0 aliphatic carbocycles. The highest BCUT2D eigenvalue weighted by Crippen LogP contribution is 2.29. The summed E-state index contributed by atoms with van der Waals surface area (Å²) >= 11 is 0. The largest absolute Gasteiger partial charge is 0.474 e. The van der Waals surface area contributed by atoms with Gasteiger partial charge in [-0.25, -0.2) is 14.8 Å². The van der Waals surface area contributed by atoms with E-state index in [1.807, 2.05) is 30.3 Å². The molecule has 2 fully saturated rings. The zero-order valence-corrected chi connectivity index (χ0v) is 22.9. The molecule has 230 valence electrons. The van der Waals surface area contributed by atoms with Crippen molar-refractivity contribution in [3.63, 3.8) is 0 Å². The minimum Gasteiger partial charge on any atom is -0.474 e. The van der Waals surface area contributed by atoms with Crippen LogP contribution in [0, 0.1) is 0 Å². The van der Waals surface area contributed by atoms with Crippen LogP contribution < -0.4 is 10.1 Å². The van der Waals surface area contributed by atoms with Gasteiger partial charge in [0.15, 0.2) is 5.69 Å². The van der Waals surface area contributed by atoms with Crippen LogP contribution >= 0.6 is 0 Å². The lowest BCUT2D eigenvalue weighted by Gasteiger charge is -2.37. The quantitative estimate of drug-likeness (QED) is 0.348. The van der Waals surface area contributed by atoms with E-state index in [2.05, 4.69) is 25.3 Å². The Bertz CT molecular complexity index is 1340. The van der Waals surface area contributed by atoms with Crippen LogP contribution in [0.25, 0.3) is 0 Å². The second kappa shape index (κ2) is 13.5. The number of ether oxygens (including phenoxy) is 3. The van der Waals surface area contributed by atoms with Gasteiger partial charge in [0, 0.05) is 19.0 Å². The number of likely N-dealkylation sites (tertiary alicyclic amines) is 1. The maximum Gasteiger partial charge on any atom is 0.434 e. The van der Waals surface area contributed by atoms with Gasteiger partial charge in [0.25, 0.3) is 0 Å². The fourth-order valence-electron chi connectivity index (χ4n) is 4.87. The lowest BCUT2D eigenvalue weighted by Crippen LogP contribution is -2.57. The van der Waals surface area contributed by atoms with Crippen molar-refractivity contribution < 1.29 is 42.4 Å². The molecule has 3 N–H and O–H groups in total. The number of amides is 1. The Morgan fingerprint density at radius 3 is 2.51 bits per heavy atom. The van der Waals surface area contributed by atoms with E-state index in [1.54, 1.807) is 11.1 Å². The van der Waals surface area contributed by atoms with Gasteiger partial charge in [-0.2, -0.15) is 13.2 Å². The Morgan fingerprint density at radius 2 is 1.81 bits per heavy atom. The number of hydrogen-bond acceptors (Lipinski definition) is 11. The summed E-state index contributed by atoms with van der Waals surface area (Å²) in [6.45, 7) is 1.02. The summed E-state index contributed by atoms with van der Waals surface area (Å²) in [5.41, 5.74) is 0.502. The third kappa shape index (κ3) is 7.86. The van der Waals surface area contributed by atoms with Gasteiger partial charge in [-0.1, -0.05) is 30.3 Å². The Labute approximate surface area is 244 Å². The van der Waals surface area contributed by atoms with Crippen molar-refractivity contribution in [1.29, 1.82) is 0 Å². The fourth-order valence-corrected chi connectivity index (χ4v) is 4.87. The van der Waals surface area contributed by atoms with Crippen molar-refractivity contribution in [3.05, 3.63) is 72.1 Å². The maximum absolute atomic E-state index is 12.9. The van der Waals surface area contributed by atoms with Gasteiger partial charge in [0.05, 0.1) is 43.1 Å². The standard InChI is InChI=1S/C28H31F3N6O6/c29-28(30,31)22-11-32-12-23(36-22)35-20-15-41-21(26(39)25(20)38)16-42-24-13-33-19(10-34-24)18-6-8-37(9-7-18)27(40)43-14-17-4-2-1-3-5-17/h1-5,10-13,18,20-21,25-26,38-39H,6-9,14-16H2,(H,35,36)/t20-,21+,25+,26-/m0/s1. The van der Waals surface area contributed by atoms with Crippen LogP contribution in [0.5, 0.6) is 5.88 Å². The molecule has 0 spiro atoms. The molecule has 2 saturated heterocycles. The molecular formula is C28H31F3N6O6. The van der Waals surface area contributed by atoms with Crippen molar-refractivity contribution in [2.75, 3.05) is 31.6 Å². The molecule has 2 aliphatic rings. The third-order valence-corrected chi connectivity index (χ3v) is 7.31. The van der Waals surface area contributed by atoms with E-state index in [1.165, 1.54) is 6.20 Å². The van der Waals surface area contributed by atoms with Gasteiger partial charge >= 0.3 is 12.3 Å². The Morgan fingerprint density at radius 1 is 1.05 bits per heavy atom. The van der Waals surface area contributed by atoms with Gasteiger partial charge in [0.2, 0.25) is 5.88 Å². The third-order valence-electron chi connectivity index (χ3n) is 7.31. The van der Waals surface area contributed by atoms with Crippen LogP contribution in [0.15, 0.2) is 55.1 Å². The molecule has 4 heterocycles. The molecule has 2 aliphatic heterocycles. The number of alkyl halides is 3. The first-order valence-corrected chi connectivity index (χ1v) is 13.7. The van der Waals surface area contributed by atoms with Gasteiger partial charge in [-0.05, 0) is 18.4 Å². The summed E-state index contributed by atoms with van der Waals surface area (Å²) in [6.07, 6.45) is -2.59. The molecular weight excluding hydrogens is 573 g/mol. The fraction of sp³-hybridized carbons (Fsp3) is 0.464. The first-order valence-electron chi connectivity index (χ1n) is 13.7. The predicted molar refractivity (Wildman–Crippen MR) is 144 cm³/mol. The monoisotopic (exact) mass is 604 g/mol. The summed E-state index contributed by atoms with van der Waals surface area (Å²) in [6, 6.07) is 8.55. The Kier molecular flexibility index (Phi) is 9.52. The average molecular weight is 605 g/mol. The number of nitrogens with zero attached hydrogens (tertiary/aromatic N) is 5. The van der Waals surface area contributed by atoms with Crippen LogP contribution in [0.3, 0.4) is 0 Å². The second-order valence-electron chi connectivity index (χ2n) is 10.3. The van der Waals surface area contributed by atoms with Gasteiger partial charge in [-0.15, -0.1) is 0 Å². The van der Waals surface area contributed by atoms with E-state index in [4.69, 9.17) is 14.2 Å². The number of rotatable bonds is 8. The van der Waals surface area contributed by atoms with E-state index < -0.39 is 36.2 Å². The molecule has 0 radical (unpaired) electrons. The number of hydrogen-bond donors (Lipinski definition) is 3. The van der Waals surface area contributed by atoms with E-state index in [-0.39, 0.29) is 43.5 Å². The van der Waals surface area contributed by atoms with Crippen LogP contribution in [0.4, 0.5) is 23.8 Å². The van der Waals surface area contributed by atoms with Gasteiger partial charge in [0.1, 0.15) is 37.3 Å². The normalized spacial score (nSPS) is 23.0. The molecule has 2 aromatic heterocycles. The summed E-state index contributed by atoms with van der Waals surface area (Å²) in [7, 11) is 0. The van der Waals surface area contributed by atoms with Crippen molar-refractivity contribution in [1.82, 2.24) is 24.8 Å². The number of halogens is 3. The summed E-state index contributed by atoms with van der Waals surface area (Å²) in [5.74, 6) is 0.0909. The number of piperidine rings is 1. The number of aromatic nitrogens is 4. The Balaban J connectivity index is 1.05.